The summed E-state index contributed by atoms with van der Waals surface area (Å²) in [6.07, 6.45) is 0. The van der Waals surface area contributed by atoms with E-state index < -0.39 is 0 Å². The summed E-state index contributed by atoms with van der Waals surface area (Å²) in [5.41, 5.74) is 10.9. The van der Waals surface area contributed by atoms with E-state index in [9.17, 15) is 0 Å². The normalized spacial score (nSPS) is 11.5. The van der Waals surface area contributed by atoms with Crippen molar-refractivity contribution in [2.45, 2.75) is 0 Å². The number of hydrogen-bond donors (Lipinski definition) is 0. The fraction of sp³-hybridized carbons (Fsp3) is 0. The molecule has 2 heterocycles. The van der Waals surface area contributed by atoms with E-state index in [1.54, 1.807) is 0 Å². The van der Waals surface area contributed by atoms with Crippen LogP contribution >= 0.6 is 0 Å². The first-order valence-corrected chi connectivity index (χ1v) is 19.3. The van der Waals surface area contributed by atoms with Gasteiger partial charge in [0.2, 0.25) is 0 Å². The molecule has 0 saturated carbocycles. The molecule has 0 bridgehead atoms. The first-order chi connectivity index (χ1) is 28.2. The second-order valence-electron chi connectivity index (χ2n) is 14.5. The number of aromatic nitrogens is 4. The topological polar surface area (TPSA) is 43.6 Å². The lowest BCUT2D eigenvalue weighted by molar-refractivity contribution is 1.07. The third-order valence-electron chi connectivity index (χ3n) is 11.0. The van der Waals surface area contributed by atoms with Gasteiger partial charge in [0.25, 0.3) is 0 Å². The van der Waals surface area contributed by atoms with E-state index in [0.29, 0.717) is 17.5 Å². The molecule has 11 rings (SSSR count). The van der Waals surface area contributed by atoms with Gasteiger partial charge in [-0.25, -0.2) is 15.0 Å². The minimum absolute atomic E-state index is 0.628. The van der Waals surface area contributed by atoms with Gasteiger partial charge in [-0.3, -0.25) is 0 Å². The van der Waals surface area contributed by atoms with Crippen LogP contribution in [-0.4, -0.2) is 19.5 Å². The zero-order chi connectivity index (χ0) is 37.7. The van der Waals surface area contributed by atoms with Crippen molar-refractivity contribution in [3.8, 4) is 62.1 Å². The Balaban J connectivity index is 1.15. The largest absolute Gasteiger partial charge is 0.309 e. The van der Waals surface area contributed by atoms with Gasteiger partial charge in [-0.2, -0.15) is 0 Å². The Labute approximate surface area is 330 Å². The van der Waals surface area contributed by atoms with Crippen molar-refractivity contribution in [2.75, 3.05) is 0 Å². The van der Waals surface area contributed by atoms with E-state index in [1.807, 2.05) is 18.2 Å². The van der Waals surface area contributed by atoms with Crippen molar-refractivity contribution in [1.29, 1.82) is 0 Å². The van der Waals surface area contributed by atoms with Gasteiger partial charge in [0, 0.05) is 32.8 Å². The number of fused-ring (bicyclic) bond motifs is 5. The molecule has 9 aromatic carbocycles. The molecule has 11 aromatic rings. The average molecular weight is 727 g/mol. The van der Waals surface area contributed by atoms with E-state index in [4.69, 9.17) is 15.0 Å². The molecule has 0 atom stereocenters. The van der Waals surface area contributed by atoms with E-state index in [1.165, 1.54) is 38.4 Å². The first-order valence-electron chi connectivity index (χ1n) is 19.3. The van der Waals surface area contributed by atoms with Crippen LogP contribution < -0.4 is 0 Å². The summed E-state index contributed by atoms with van der Waals surface area (Å²) >= 11 is 0. The second kappa shape index (κ2) is 13.6. The third-order valence-corrected chi connectivity index (χ3v) is 11.0. The lowest BCUT2D eigenvalue weighted by Gasteiger charge is -2.14. The summed E-state index contributed by atoms with van der Waals surface area (Å²) in [7, 11) is 0. The summed E-state index contributed by atoms with van der Waals surface area (Å²) < 4.78 is 2.44. The molecule has 4 nitrogen and oxygen atoms in total. The number of hydrogen-bond acceptors (Lipinski definition) is 3. The molecule has 0 saturated heterocycles. The van der Waals surface area contributed by atoms with Crippen LogP contribution in [0.2, 0.25) is 0 Å². The second-order valence-corrected chi connectivity index (χ2v) is 14.5. The first kappa shape index (κ1) is 32.7. The van der Waals surface area contributed by atoms with E-state index >= 15 is 0 Å². The molecule has 0 aliphatic carbocycles. The van der Waals surface area contributed by atoms with Gasteiger partial charge in [-0.1, -0.05) is 176 Å². The Morgan fingerprint density at radius 3 is 1.32 bits per heavy atom. The highest BCUT2D eigenvalue weighted by molar-refractivity contribution is 6.12. The van der Waals surface area contributed by atoms with E-state index in [2.05, 4.69) is 193 Å². The molecule has 57 heavy (non-hydrogen) atoms. The SMILES string of the molecule is c1ccc(-c2ccc3c4ccc(-c5ccccc5)cc4n(-c4cccc5ccc(-c6nc(-c7ccccc7)nc(-c7ccc8ccccc8c7)n6)cc45)c3c2)cc1. The summed E-state index contributed by atoms with van der Waals surface area (Å²) in [6, 6.07) is 73.1. The van der Waals surface area contributed by atoms with Crippen LogP contribution in [0.5, 0.6) is 0 Å². The smallest absolute Gasteiger partial charge is 0.164 e. The average Bonchev–Trinajstić information content (AvgIpc) is 3.62. The van der Waals surface area contributed by atoms with Gasteiger partial charge >= 0.3 is 0 Å². The van der Waals surface area contributed by atoms with E-state index in [-0.39, 0.29) is 0 Å². The fourth-order valence-electron chi connectivity index (χ4n) is 8.17. The Kier molecular flexibility index (Phi) is 7.78. The van der Waals surface area contributed by atoms with Crippen molar-refractivity contribution in [2.24, 2.45) is 0 Å². The van der Waals surface area contributed by atoms with Crippen LogP contribution in [-0.2, 0) is 0 Å². The van der Waals surface area contributed by atoms with Crippen LogP contribution in [0.1, 0.15) is 0 Å². The monoisotopic (exact) mass is 726 g/mol. The Morgan fingerprint density at radius 1 is 0.263 bits per heavy atom. The number of nitrogens with zero attached hydrogens (tertiary/aromatic N) is 4. The lowest BCUT2D eigenvalue weighted by Crippen LogP contribution is -2.01. The Morgan fingerprint density at radius 2 is 0.719 bits per heavy atom. The van der Waals surface area contributed by atoms with Gasteiger partial charge in [0.1, 0.15) is 0 Å². The van der Waals surface area contributed by atoms with Crippen LogP contribution in [0.3, 0.4) is 0 Å². The molecule has 0 radical (unpaired) electrons. The number of benzene rings is 9. The summed E-state index contributed by atoms with van der Waals surface area (Å²) in [5.74, 6) is 1.91. The molecule has 0 spiro atoms. The van der Waals surface area contributed by atoms with E-state index in [0.717, 1.165) is 49.6 Å². The van der Waals surface area contributed by atoms with Crippen molar-refractivity contribution < 1.29 is 0 Å². The van der Waals surface area contributed by atoms with Crippen LogP contribution in [0.25, 0.3) is 105 Å². The molecular weight excluding hydrogens is 693 g/mol. The fourth-order valence-corrected chi connectivity index (χ4v) is 8.17. The summed E-state index contributed by atoms with van der Waals surface area (Å²) in [6.45, 7) is 0. The van der Waals surface area contributed by atoms with Gasteiger partial charge in [0.05, 0.1) is 16.7 Å². The predicted octanol–water partition coefficient (Wildman–Crippen LogP) is 13.6. The molecule has 0 N–H and O–H groups in total. The zero-order valence-corrected chi connectivity index (χ0v) is 30.9. The molecule has 4 heteroatoms. The molecule has 266 valence electrons. The van der Waals surface area contributed by atoms with Crippen molar-refractivity contribution in [3.63, 3.8) is 0 Å². The Bertz CT molecular complexity index is 3180. The summed E-state index contributed by atoms with van der Waals surface area (Å²) in [5, 5.41) is 6.99. The molecular formula is C53H34N4. The third kappa shape index (κ3) is 5.83. The molecule has 0 aliphatic rings. The minimum atomic E-state index is 0.628. The quantitative estimate of drug-likeness (QED) is 0.171. The highest BCUT2D eigenvalue weighted by Crippen LogP contribution is 2.39. The maximum Gasteiger partial charge on any atom is 0.164 e. The van der Waals surface area contributed by atoms with Gasteiger partial charge in [-0.15, -0.1) is 0 Å². The van der Waals surface area contributed by atoms with Gasteiger partial charge in [0.15, 0.2) is 17.5 Å². The summed E-state index contributed by atoms with van der Waals surface area (Å²) in [4.78, 5) is 15.3. The molecule has 0 fully saturated rings. The molecule has 0 aliphatic heterocycles. The van der Waals surface area contributed by atoms with Crippen LogP contribution in [0, 0.1) is 0 Å². The molecule has 0 unspecified atom stereocenters. The van der Waals surface area contributed by atoms with Crippen molar-refractivity contribution in [3.05, 3.63) is 206 Å². The maximum absolute atomic E-state index is 5.17. The van der Waals surface area contributed by atoms with Crippen molar-refractivity contribution in [1.82, 2.24) is 19.5 Å². The predicted molar refractivity (Wildman–Crippen MR) is 236 cm³/mol. The molecule has 0 amide bonds. The highest BCUT2D eigenvalue weighted by Gasteiger charge is 2.18. The maximum atomic E-state index is 5.17. The van der Waals surface area contributed by atoms with Crippen LogP contribution in [0.4, 0.5) is 0 Å². The zero-order valence-electron chi connectivity index (χ0n) is 30.9. The van der Waals surface area contributed by atoms with Crippen LogP contribution in [0.15, 0.2) is 206 Å². The van der Waals surface area contributed by atoms with Crippen molar-refractivity contribution >= 4 is 43.4 Å². The highest BCUT2D eigenvalue weighted by atomic mass is 15.0. The Hall–Kier alpha value is -7.69. The lowest BCUT2D eigenvalue weighted by atomic mass is 10.0. The van der Waals surface area contributed by atoms with Gasteiger partial charge < -0.3 is 4.57 Å². The molecule has 2 aromatic heterocycles. The standard InChI is InChI=1S/C53H34N4/c1-4-13-35(14-5-1)41-27-29-45-46-30-28-42(36-15-6-2-7-16-36)34-50(46)57(49(45)33-41)48-22-12-21-38-24-26-44(32-47(38)48)53-55-51(39-18-8-3-9-19-39)54-52(56-53)43-25-23-37-17-10-11-20-40(37)31-43/h1-34H. The van der Waals surface area contributed by atoms with Gasteiger partial charge in [-0.05, 0) is 68.7 Å². The number of rotatable bonds is 6. The minimum Gasteiger partial charge on any atom is -0.309 e.